The molecule has 0 aliphatic heterocycles. The van der Waals surface area contributed by atoms with E-state index in [1.807, 2.05) is 61.5 Å². The molecule has 0 fully saturated rings. The van der Waals surface area contributed by atoms with Crippen molar-refractivity contribution in [2.24, 2.45) is 0 Å². The van der Waals surface area contributed by atoms with Crippen LogP contribution in [0.1, 0.15) is 20.3 Å². The highest BCUT2D eigenvalue weighted by Gasteiger charge is 2.15. The fraction of sp³-hybridized carbons (Fsp3) is 0.300. The molecule has 2 N–H and O–H groups in total. The number of rotatable bonds is 8. The first-order valence-electron chi connectivity index (χ1n) is 8.46. The lowest BCUT2D eigenvalue weighted by Gasteiger charge is -2.15. The van der Waals surface area contributed by atoms with Gasteiger partial charge in [-0.25, -0.2) is 0 Å². The van der Waals surface area contributed by atoms with Gasteiger partial charge in [0.05, 0.1) is 0 Å². The van der Waals surface area contributed by atoms with Gasteiger partial charge in [-0.1, -0.05) is 55.5 Å². The third-order valence-electron chi connectivity index (χ3n) is 3.65. The molecule has 0 radical (unpaired) electrons. The van der Waals surface area contributed by atoms with Crippen molar-refractivity contribution < 1.29 is 14.3 Å². The number of hydrogen-bond acceptors (Lipinski definition) is 3. The molecule has 0 unspecified atom stereocenters. The summed E-state index contributed by atoms with van der Waals surface area (Å²) in [5.41, 5.74) is 1.94. The Labute approximate surface area is 148 Å². The van der Waals surface area contributed by atoms with Crippen molar-refractivity contribution in [3.8, 4) is 16.9 Å². The molecule has 0 aliphatic rings. The number of nitrogens with one attached hydrogen (secondary N) is 2. The summed E-state index contributed by atoms with van der Waals surface area (Å²) in [5.74, 6) is 0.105. The molecule has 5 heteroatoms. The summed E-state index contributed by atoms with van der Waals surface area (Å²) < 4.78 is 5.67. The topological polar surface area (TPSA) is 67.4 Å². The zero-order valence-corrected chi connectivity index (χ0v) is 14.6. The van der Waals surface area contributed by atoms with E-state index in [0.29, 0.717) is 12.3 Å². The van der Waals surface area contributed by atoms with Gasteiger partial charge in [-0.2, -0.15) is 0 Å². The molecule has 0 saturated carbocycles. The summed E-state index contributed by atoms with van der Waals surface area (Å²) >= 11 is 0. The van der Waals surface area contributed by atoms with Crippen molar-refractivity contribution in [2.75, 3.05) is 13.2 Å². The van der Waals surface area contributed by atoms with Gasteiger partial charge < -0.3 is 15.4 Å². The van der Waals surface area contributed by atoms with Crippen LogP contribution in [0.3, 0.4) is 0 Å². The van der Waals surface area contributed by atoms with Gasteiger partial charge in [0.1, 0.15) is 11.8 Å². The van der Waals surface area contributed by atoms with E-state index in [2.05, 4.69) is 10.6 Å². The third kappa shape index (κ3) is 5.64. The summed E-state index contributed by atoms with van der Waals surface area (Å²) in [7, 11) is 0. The van der Waals surface area contributed by atoms with Crippen LogP contribution in [0.2, 0.25) is 0 Å². The molecule has 0 aromatic heterocycles. The zero-order valence-electron chi connectivity index (χ0n) is 14.6. The highest BCUT2D eigenvalue weighted by atomic mass is 16.5. The van der Waals surface area contributed by atoms with Gasteiger partial charge in [0.15, 0.2) is 6.61 Å². The molecule has 0 spiro atoms. The number of para-hydroxylation sites is 1. The zero-order chi connectivity index (χ0) is 18.1. The molecule has 0 bridgehead atoms. The van der Waals surface area contributed by atoms with Gasteiger partial charge in [0, 0.05) is 12.1 Å². The molecular weight excluding hydrogens is 316 g/mol. The van der Waals surface area contributed by atoms with Crippen molar-refractivity contribution >= 4 is 11.8 Å². The van der Waals surface area contributed by atoms with Crippen molar-refractivity contribution in [1.29, 1.82) is 0 Å². The molecule has 2 aromatic carbocycles. The van der Waals surface area contributed by atoms with E-state index in [4.69, 9.17) is 4.74 Å². The van der Waals surface area contributed by atoms with Crippen molar-refractivity contribution in [3.05, 3.63) is 54.6 Å². The lowest BCUT2D eigenvalue weighted by Crippen LogP contribution is -2.46. The minimum absolute atomic E-state index is 0.144. The minimum atomic E-state index is -0.591. The summed E-state index contributed by atoms with van der Waals surface area (Å²) in [4.78, 5) is 23.8. The molecule has 2 rings (SSSR count). The number of carbonyl (C=O) groups is 2. The Hall–Kier alpha value is -2.82. The molecule has 0 saturated heterocycles. The van der Waals surface area contributed by atoms with Gasteiger partial charge in [0.2, 0.25) is 5.91 Å². The van der Waals surface area contributed by atoms with Crippen LogP contribution in [0.25, 0.3) is 11.1 Å². The Balaban J connectivity index is 1.93. The highest BCUT2D eigenvalue weighted by molar-refractivity contribution is 5.87. The largest absolute Gasteiger partial charge is 0.483 e. The van der Waals surface area contributed by atoms with Crippen LogP contribution in [-0.2, 0) is 9.59 Å². The molecule has 25 heavy (non-hydrogen) atoms. The quantitative estimate of drug-likeness (QED) is 0.776. The van der Waals surface area contributed by atoms with E-state index in [9.17, 15) is 9.59 Å². The Kier molecular flexibility index (Phi) is 7.01. The summed E-state index contributed by atoms with van der Waals surface area (Å²) in [5, 5.41) is 5.39. The van der Waals surface area contributed by atoms with Crippen LogP contribution in [-0.4, -0.2) is 31.0 Å². The van der Waals surface area contributed by atoms with Crippen LogP contribution in [0.4, 0.5) is 0 Å². The number of hydrogen-bond donors (Lipinski definition) is 2. The second-order valence-electron chi connectivity index (χ2n) is 5.73. The SMILES string of the molecule is CCCNC(=O)[C@H](C)NC(=O)COc1ccccc1-c1ccccc1. The van der Waals surface area contributed by atoms with Gasteiger partial charge in [-0.05, 0) is 25.0 Å². The van der Waals surface area contributed by atoms with Crippen LogP contribution in [0.15, 0.2) is 54.6 Å². The number of ether oxygens (including phenoxy) is 1. The molecule has 5 nitrogen and oxygen atoms in total. The van der Waals surface area contributed by atoms with Crippen molar-refractivity contribution in [3.63, 3.8) is 0 Å². The smallest absolute Gasteiger partial charge is 0.258 e. The second kappa shape index (κ2) is 9.47. The average Bonchev–Trinajstić information content (AvgIpc) is 2.65. The molecule has 0 aliphatic carbocycles. The Morgan fingerprint density at radius 1 is 1.04 bits per heavy atom. The standard InChI is InChI=1S/C20H24N2O3/c1-3-13-21-20(24)15(2)22-19(23)14-25-18-12-8-7-11-17(18)16-9-5-4-6-10-16/h4-12,15H,3,13-14H2,1-2H3,(H,21,24)(H,22,23)/t15-/m0/s1. The van der Waals surface area contributed by atoms with Gasteiger partial charge in [0.25, 0.3) is 5.91 Å². The number of amides is 2. The summed E-state index contributed by atoms with van der Waals surface area (Å²) in [6.45, 7) is 4.08. The van der Waals surface area contributed by atoms with Gasteiger partial charge in [-0.15, -0.1) is 0 Å². The minimum Gasteiger partial charge on any atom is -0.483 e. The normalized spacial score (nSPS) is 11.4. The lowest BCUT2D eigenvalue weighted by molar-refractivity contribution is -0.129. The van der Waals surface area contributed by atoms with Crippen LogP contribution in [0.5, 0.6) is 5.75 Å². The van der Waals surface area contributed by atoms with Crippen LogP contribution >= 0.6 is 0 Å². The molecule has 0 heterocycles. The summed E-state index contributed by atoms with van der Waals surface area (Å²) in [6, 6.07) is 16.8. The summed E-state index contributed by atoms with van der Waals surface area (Å²) in [6.07, 6.45) is 0.853. The van der Waals surface area contributed by atoms with Crippen LogP contribution in [0, 0.1) is 0 Å². The average molecular weight is 340 g/mol. The first kappa shape index (κ1) is 18.5. The van der Waals surface area contributed by atoms with Gasteiger partial charge in [-0.3, -0.25) is 9.59 Å². The maximum atomic E-state index is 12.0. The second-order valence-corrected chi connectivity index (χ2v) is 5.73. The molecule has 1 atom stereocenters. The van der Waals surface area contributed by atoms with Crippen LogP contribution < -0.4 is 15.4 Å². The molecule has 2 aromatic rings. The van der Waals surface area contributed by atoms with E-state index >= 15 is 0 Å². The van der Waals surface area contributed by atoms with E-state index in [0.717, 1.165) is 17.5 Å². The molecular formula is C20H24N2O3. The van der Waals surface area contributed by atoms with E-state index in [-0.39, 0.29) is 18.4 Å². The Bertz CT molecular complexity index is 701. The maximum absolute atomic E-state index is 12.0. The fourth-order valence-electron chi connectivity index (χ4n) is 2.34. The lowest BCUT2D eigenvalue weighted by atomic mass is 10.1. The predicted octanol–water partition coefficient (Wildman–Crippen LogP) is 2.76. The number of carbonyl (C=O) groups excluding carboxylic acids is 2. The monoisotopic (exact) mass is 340 g/mol. The fourth-order valence-corrected chi connectivity index (χ4v) is 2.34. The van der Waals surface area contributed by atoms with E-state index in [1.165, 1.54) is 0 Å². The Morgan fingerprint density at radius 2 is 1.72 bits per heavy atom. The van der Waals surface area contributed by atoms with Crippen molar-refractivity contribution in [1.82, 2.24) is 10.6 Å². The highest BCUT2D eigenvalue weighted by Crippen LogP contribution is 2.29. The third-order valence-corrected chi connectivity index (χ3v) is 3.65. The Morgan fingerprint density at radius 3 is 2.44 bits per heavy atom. The first-order valence-corrected chi connectivity index (χ1v) is 8.46. The number of benzene rings is 2. The van der Waals surface area contributed by atoms with Crippen molar-refractivity contribution in [2.45, 2.75) is 26.3 Å². The molecule has 2 amide bonds. The van der Waals surface area contributed by atoms with E-state index in [1.54, 1.807) is 6.92 Å². The van der Waals surface area contributed by atoms with Gasteiger partial charge >= 0.3 is 0 Å². The van der Waals surface area contributed by atoms with E-state index < -0.39 is 6.04 Å². The maximum Gasteiger partial charge on any atom is 0.258 e. The predicted molar refractivity (Wildman–Crippen MR) is 98.3 cm³/mol. The first-order chi connectivity index (χ1) is 12.1. The molecule has 132 valence electrons.